The number of rotatable bonds is 3. The molecule has 2 amide bonds. The number of nitrogens with zero attached hydrogens (tertiary/aromatic N) is 2. The summed E-state index contributed by atoms with van der Waals surface area (Å²) in [5.74, 6) is 0.846. The van der Waals surface area contributed by atoms with Gasteiger partial charge < -0.3 is 20.9 Å². The number of carbonyl (C=O) groups is 1. The van der Waals surface area contributed by atoms with Crippen LogP contribution in [0.4, 0.5) is 10.5 Å². The molecule has 126 valence electrons. The van der Waals surface area contributed by atoms with Crippen LogP contribution >= 0.6 is 24.0 Å². The van der Waals surface area contributed by atoms with Gasteiger partial charge in [0.25, 0.3) is 0 Å². The lowest BCUT2D eigenvalue weighted by atomic mass is 10.2. The molecule has 3 rings (SSSR count). The second-order valence-electron chi connectivity index (χ2n) is 5.91. The van der Waals surface area contributed by atoms with E-state index in [1.54, 1.807) is 0 Å². The average molecular weight is 429 g/mol. The number of carbonyl (C=O) groups excluding carboxylic acids is 1. The largest absolute Gasteiger partial charge is 0.352 e. The molecule has 1 saturated heterocycles. The molecule has 23 heavy (non-hydrogen) atoms. The first-order valence-electron chi connectivity index (χ1n) is 7.90. The molecule has 0 saturated carbocycles. The van der Waals surface area contributed by atoms with Crippen LogP contribution in [0.1, 0.15) is 25.3 Å². The van der Waals surface area contributed by atoms with E-state index >= 15 is 0 Å². The SMILES string of the molecule is CC1CN=C(NCc2cccc(NC(=O)N3CCCC3)c2)N1.I. The molecule has 0 spiro atoms. The summed E-state index contributed by atoms with van der Waals surface area (Å²) in [4.78, 5) is 18.3. The second-order valence-corrected chi connectivity index (χ2v) is 5.91. The summed E-state index contributed by atoms with van der Waals surface area (Å²) in [5, 5.41) is 9.52. The van der Waals surface area contributed by atoms with E-state index in [0.29, 0.717) is 12.6 Å². The topological polar surface area (TPSA) is 68.8 Å². The number of likely N-dealkylation sites (tertiary alicyclic amines) is 1. The van der Waals surface area contributed by atoms with E-state index in [-0.39, 0.29) is 30.0 Å². The number of amides is 2. The summed E-state index contributed by atoms with van der Waals surface area (Å²) in [5.41, 5.74) is 1.95. The van der Waals surface area contributed by atoms with Gasteiger partial charge in [0.1, 0.15) is 0 Å². The summed E-state index contributed by atoms with van der Waals surface area (Å²) in [6, 6.07) is 8.32. The second kappa shape index (κ2) is 8.37. The molecular formula is C16H24IN5O. The van der Waals surface area contributed by atoms with Crippen molar-refractivity contribution in [3.8, 4) is 0 Å². The molecule has 2 aliphatic heterocycles. The fraction of sp³-hybridized carbons (Fsp3) is 0.500. The maximum atomic E-state index is 12.1. The fourth-order valence-electron chi connectivity index (χ4n) is 2.73. The zero-order chi connectivity index (χ0) is 15.4. The molecular weight excluding hydrogens is 405 g/mol. The Hall–Kier alpha value is -1.51. The predicted octanol–water partition coefficient (Wildman–Crippen LogP) is 2.37. The van der Waals surface area contributed by atoms with Crippen molar-refractivity contribution in [2.24, 2.45) is 4.99 Å². The molecule has 6 nitrogen and oxygen atoms in total. The minimum Gasteiger partial charge on any atom is -0.352 e. The Morgan fingerprint density at radius 1 is 1.39 bits per heavy atom. The van der Waals surface area contributed by atoms with E-state index in [4.69, 9.17) is 0 Å². The van der Waals surface area contributed by atoms with E-state index in [0.717, 1.165) is 49.7 Å². The third-order valence-electron chi connectivity index (χ3n) is 3.94. The van der Waals surface area contributed by atoms with Crippen LogP contribution in [0.5, 0.6) is 0 Å². The van der Waals surface area contributed by atoms with Gasteiger partial charge in [-0.2, -0.15) is 0 Å². The van der Waals surface area contributed by atoms with Gasteiger partial charge in [-0.05, 0) is 37.5 Å². The van der Waals surface area contributed by atoms with Gasteiger partial charge in [-0.3, -0.25) is 4.99 Å². The van der Waals surface area contributed by atoms with Crippen LogP contribution in [0, 0.1) is 0 Å². The standard InChI is InChI=1S/C16H23N5O.HI/c1-12-10-17-15(19-12)18-11-13-5-4-6-14(9-13)20-16(22)21-7-2-3-8-21;/h4-6,9,12H,2-3,7-8,10-11H2,1H3,(H,20,22)(H2,17,18,19);1H. The lowest BCUT2D eigenvalue weighted by Crippen LogP contribution is -2.37. The van der Waals surface area contributed by atoms with Crippen LogP contribution in [-0.2, 0) is 6.54 Å². The number of hydrogen-bond acceptors (Lipinski definition) is 4. The summed E-state index contributed by atoms with van der Waals surface area (Å²) in [7, 11) is 0. The smallest absolute Gasteiger partial charge is 0.321 e. The number of benzene rings is 1. The minimum absolute atomic E-state index is 0. The number of aliphatic imine (C=N–C) groups is 1. The number of anilines is 1. The molecule has 0 bridgehead atoms. The third kappa shape index (κ3) is 4.98. The molecule has 1 fully saturated rings. The first-order valence-corrected chi connectivity index (χ1v) is 7.90. The number of nitrogens with one attached hydrogen (secondary N) is 3. The maximum absolute atomic E-state index is 12.1. The number of guanidine groups is 1. The highest BCUT2D eigenvalue weighted by atomic mass is 127. The maximum Gasteiger partial charge on any atom is 0.321 e. The molecule has 2 aliphatic rings. The Balaban J connectivity index is 0.00000192. The highest BCUT2D eigenvalue weighted by molar-refractivity contribution is 14.0. The van der Waals surface area contributed by atoms with Crippen molar-refractivity contribution < 1.29 is 4.79 Å². The summed E-state index contributed by atoms with van der Waals surface area (Å²) in [6.45, 7) is 5.32. The van der Waals surface area contributed by atoms with Crippen molar-refractivity contribution in [1.82, 2.24) is 15.5 Å². The highest BCUT2D eigenvalue weighted by Crippen LogP contribution is 2.14. The van der Waals surface area contributed by atoms with Crippen molar-refractivity contribution in [3.05, 3.63) is 29.8 Å². The molecule has 1 unspecified atom stereocenters. The monoisotopic (exact) mass is 429 g/mol. The summed E-state index contributed by atoms with van der Waals surface area (Å²) < 4.78 is 0. The lowest BCUT2D eigenvalue weighted by molar-refractivity contribution is 0.222. The van der Waals surface area contributed by atoms with Crippen molar-refractivity contribution in [2.75, 3.05) is 25.0 Å². The predicted molar refractivity (Wildman–Crippen MR) is 103 cm³/mol. The van der Waals surface area contributed by atoms with Crippen LogP contribution in [-0.4, -0.2) is 42.6 Å². The Morgan fingerprint density at radius 2 is 2.17 bits per heavy atom. The summed E-state index contributed by atoms with van der Waals surface area (Å²) >= 11 is 0. The molecule has 1 atom stereocenters. The minimum atomic E-state index is -0.00160. The van der Waals surface area contributed by atoms with E-state index in [1.165, 1.54) is 0 Å². The van der Waals surface area contributed by atoms with Gasteiger partial charge in [0.05, 0.1) is 6.54 Å². The zero-order valence-electron chi connectivity index (χ0n) is 13.3. The number of urea groups is 1. The Kier molecular flexibility index (Phi) is 6.49. The van der Waals surface area contributed by atoms with Crippen LogP contribution in [0.3, 0.4) is 0 Å². The van der Waals surface area contributed by atoms with Gasteiger partial charge in [-0.25, -0.2) is 4.79 Å². The van der Waals surface area contributed by atoms with Crippen molar-refractivity contribution >= 4 is 41.7 Å². The van der Waals surface area contributed by atoms with Gasteiger partial charge in [0, 0.05) is 31.4 Å². The van der Waals surface area contributed by atoms with E-state index in [2.05, 4.69) is 27.9 Å². The molecule has 7 heteroatoms. The first kappa shape index (κ1) is 17.8. The highest BCUT2D eigenvalue weighted by Gasteiger charge is 2.17. The van der Waals surface area contributed by atoms with Gasteiger partial charge in [0.2, 0.25) is 0 Å². The van der Waals surface area contributed by atoms with E-state index < -0.39 is 0 Å². The van der Waals surface area contributed by atoms with Crippen molar-refractivity contribution in [1.29, 1.82) is 0 Å². The zero-order valence-corrected chi connectivity index (χ0v) is 15.7. The van der Waals surface area contributed by atoms with Crippen molar-refractivity contribution in [2.45, 2.75) is 32.4 Å². The molecule has 0 aliphatic carbocycles. The molecule has 1 aromatic rings. The quantitative estimate of drug-likeness (QED) is 0.647. The van der Waals surface area contributed by atoms with Crippen molar-refractivity contribution in [3.63, 3.8) is 0 Å². The van der Waals surface area contributed by atoms with E-state index in [1.807, 2.05) is 29.2 Å². The number of hydrogen-bond donors (Lipinski definition) is 3. The molecule has 0 radical (unpaired) electrons. The van der Waals surface area contributed by atoms with Crippen LogP contribution in [0.25, 0.3) is 0 Å². The molecule has 2 heterocycles. The Morgan fingerprint density at radius 3 is 2.87 bits per heavy atom. The molecule has 3 N–H and O–H groups in total. The Bertz CT molecular complexity index is 571. The lowest BCUT2D eigenvalue weighted by Gasteiger charge is -2.16. The van der Waals surface area contributed by atoms with Gasteiger partial charge in [0.15, 0.2) is 5.96 Å². The summed E-state index contributed by atoms with van der Waals surface area (Å²) in [6.07, 6.45) is 2.20. The van der Waals surface area contributed by atoms with Crippen LogP contribution in [0.15, 0.2) is 29.3 Å². The van der Waals surface area contributed by atoms with Crippen LogP contribution < -0.4 is 16.0 Å². The van der Waals surface area contributed by atoms with E-state index in [9.17, 15) is 4.79 Å². The Labute approximate surface area is 154 Å². The van der Waals surface area contributed by atoms with Gasteiger partial charge in [-0.15, -0.1) is 24.0 Å². The fourth-order valence-corrected chi connectivity index (χ4v) is 2.73. The van der Waals surface area contributed by atoms with Crippen LogP contribution in [0.2, 0.25) is 0 Å². The van der Waals surface area contributed by atoms with Gasteiger partial charge >= 0.3 is 6.03 Å². The molecule has 1 aromatic carbocycles. The first-order chi connectivity index (χ1) is 10.7. The third-order valence-corrected chi connectivity index (χ3v) is 3.94. The average Bonchev–Trinajstić information content (AvgIpc) is 3.17. The molecule has 0 aromatic heterocycles. The normalized spacial score (nSPS) is 19.6. The number of halogens is 1. The van der Waals surface area contributed by atoms with Gasteiger partial charge in [-0.1, -0.05) is 12.1 Å².